The summed E-state index contributed by atoms with van der Waals surface area (Å²) in [6, 6.07) is 17.4. The van der Waals surface area contributed by atoms with Crippen molar-refractivity contribution in [2.24, 2.45) is 0 Å². The molecule has 0 fully saturated rings. The minimum absolute atomic E-state index is 0.117. The predicted molar refractivity (Wildman–Crippen MR) is 160 cm³/mol. The molecule has 1 N–H and O–H groups in total. The van der Waals surface area contributed by atoms with Crippen LogP contribution in [0.4, 0.5) is 0 Å². The van der Waals surface area contributed by atoms with Gasteiger partial charge in [0.25, 0.3) is 5.91 Å². The number of imidazole rings is 1. The van der Waals surface area contributed by atoms with Gasteiger partial charge in [0, 0.05) is 30.1 Å². The van der Waals surface area contributed by atoms with Crippen molar-refractivity contribution in [2.45, 2.75) is 52.5 Å². The van der Waals surface area contributed by atoms with Crippen molar-refractivity contribution in [1.82, 2.24) is 14.9 Å². The van der Waals surface area contributed by atoms with Crippen LogP contribution in [-0.2, 0) is 13.0 Å². The SMILES string of the molecule is COc1ccc(C(=O)NCCCCCc2nc3ccccc3n2CCCOc2cc(C)c(Cl)c(C)c2)cc1OC. The number of aryl methyl sites for hydroxylation is 4. The highest BCUT2D eigenvalue weighted by Crippen LogP contribution is 2.28. The number of carbonyl (C=O) groups is 1. The number of benzene rings is 3. The van der Waals surface area contributed by atoms with E-state index in [1.807, 2.05) is 32.0 Å². The average molecular weight is 564 g/mol. The van der Waals surface area contributed by atoms with E-state index in [2.05, 4.69) is 28.1 Å². The number of ether oxygens (including phenoxy) is 3. The summed E-state index contributed by atoms with van der Waals surface area (Å²) in [4.78, 5) is 17.5. The molecular weight excluding hydrogens is 526 g/mol. The second-order valence-electron chi connectivity index (χ2n) is 9.88. The van der Waals surface area contributed by atoms with Crippen molar-refractivity contribution < 1.29 is 19.0 Å². The fourth-order valence-corrected chi connectivity index (χ4v) is 4.94. The molecule has 4 aromatic rings. The zero-order valence-corrected chi connectivity index (χ0v) is 24.5. The molecule has 0 bridgehead atoms. The summed E-state index contributed by atoms with van der Waals surface area (Å²) in [5.74, 6) is 2.97. The molecule has 0 spiro atoms. The molecule has 1 aromatic heterocycles. The highest BCUT2D eigenvalue weighted by Gasteiger charge is 2.12. The van der Waals surface area contributed by atoms with Gasteiger partial charge < -0.3 is 24.1 Å². The molecule has 7 nitrogen and oxygen atoms in total. The van der Waals surface area contributed by atoms with E-state index in [1.165, 1.54) is 0 Å². The summed E-state index contributed by atoms with van der Waals surface area (Å²) in [6.45, 7) is 6.07. The highest BCUT2D eigenvalue weighted by molar-refractivity contribution is 6.32. The minimum atomic E-state index is -0.117. The van der Waals surface area contributed by atoms with Crippen molar-refractivity contribution in [3.63, 3.8) is 0 Å². The molecule has 3 aromatic carbocycles. The number of halogens is 1. The summed E-state index contributed by atoms with van der Waals surface area (Å²) >= 11 is 6.29. The Kier molecular flexibility index (Phi) is 10.3. The molecule has 0 aliphatic rings. The van der Waals surface area contributed by atoms with Gasteiger partial charge in [-0.1, -0.05) is 30.2 Å². The number of aromatic nitrogens is 2. The molecule has 40 heavy (non-hydrogen) atoms. The first-order valence-electron chi connectivity index (χ1n) is 13.7. The van der Waals surface area contributed by atoms with E-state index in [-0.39, 0.29) is 5.91 Å². The van der Waals surface area contributed by atoms with Crippen LogP contribution in [0.3, 0.4) is 0 Å². The van der Waals surface area contributed by atoms with Gasteiger partial charge in [-0.15, -0.1) is 0 Å². The second-order valence-corrected chi connectivity index (χ2v) is 10.3. The molecule has 0 unspecified atom stereocenters. The predicted octanol–water partition coefficient (Wildman–Crippen LogP) is 6.94. The lowest BCUT2D eigenvalue weighted by Gasteiger charge is -2.12. The number of nitrogens with zero attached hydrogens (tertiary/aromatic N) is 2. The van der Waals surface area contributed by atoms with Crippen LogP contribution in [0.1, 0.15) is 53.0 Å². The van der Waals surface area contributed by atoms with E-state index in [0.29, 0.717) is 30.2 Å². The molecular formula is C32H38ClN3O4. The number of hydrogen-bond acceptors (Lipinski definition) is 5. The van der Waals surface area contributed by atoms with Crippen molar-refractivity contribution in [3.05, 3.63) is 82.1 Å². The Hall–Kier alpha value is -3.71. The minimum Gasteiger partial charge on any atom is -0.494 e. The topological polar surface area (TPSA) is 74.6 Å². The maximum atomic E-state index is 12.5. The van der Waals surface area contributed by atoms with Crippen LogP contribution < -0.4 is 19.5 Å². The molecule has 0 aliphatic heterocycles. The Morgan fingerprint density at radius 1 is 0.925 bits per heavy atom. The third kappa shape index (κ3) is 7.27. The molecule has 0 saturated heterocycles. The van der Waals surface area contributed by atoms with Crippen molar-refractivity contribution in [3.8, 4) is 17.2 Å². The van der Waals surface area contributed by atoms with Crippen LogP contribution in [0.15, 0.2) is 54.6 Å². The van der Waals surface area contributed by atoms with Gasteiger partial charge in [-0.3, -0.25) is 4.79 Å². The highest BCUT2D eigenvalue weighted by atomic mass is 35.5. The smallest absolute Gasteiger partial charge is 0.251 e. The maximum Gasteiger partial charge on any atom is 0.251 e. The first kappa shape index (κ1) is 29.3. The van der Waals surface area contributed by atoms with Crippen LogP contribution in [0.5, 0.6) is 17.2 Å². The van der Waals surface area contributed by atoms with Crippen LogP contribution in [-0.4, -0.2) is 42.8 Å². The van der Waals surface area contributed by atoms with Gasteiger partial charge in [-0.05, 0) is 86.7 Å². The van der Waals surface area contributed by atoms with Crippen molar-refractivity contribution in [1.29, 1.82) is 0 Å². The largest absolute Gasteiger partial charge is 0.494 e. The number of unbranched alkanes of at least 4 members (excludes halogenated alkanes) is 2. The zero-order chi connectivity index (χ0) is 28.5. The number of hydrogen-bond donors (Lipinski definition) is 1. The number of methoxy groups -OCH3 is 2. The summed E-state index contributed by atoms with van der Waals surface area (Å²) < 4.78 is 18.9. The maximum absolute atomic E-state index is 12.5. The summed E-state index contributed by atoms with van der Waals surface area (Å²) in [5.41, 5.74) is 4.78. The van der Waals surface area contributed by atoms with Gasteiger partial charge >= 0.3 is 0 Å². The summed E-state index contributed by atoms with van der Waals surface area (Å²) in [7, 11) is 3.13. The molecule has 1 heterocycles. The van der Waals surface area contributed by atoms with E-state index in [9.17, 15) is 4.79 Å². The molecule has 1 amide bonds. The molecule has 4 rings (SSSR count). The summed E-state index contributed by atoms with van der Waals surface area (Å²) in [5, 5.41) is 3.79. The number of fused-ring (bicyclic) bond motifs is 1. The Balaban J connectivity index is 1.25. The quantitative estimate of drug-likeness (QED) is 0.168. The van der Waals surface area contributed by atoms with Crippen LogP contribution in [0, 0.1) is 13.8 Å². The number of para-hydroxylation sites is 2. The molecule has 212 valence electrons. The molecule has 0 saturated carbocycles. The Bertz CT molecular complexity index is 1430. The third-order valence-electron chi connectivity index (χ3n) is 6.95. The monoisotopic (exact) mass is 563 g/mol. The van der Waals surface area contributed by atoms with Crippen LogP contribution in [0.25, 0.3) is 11.0 Å². The Labute approximate surface area is 241 Å². The second kappa shape index (κ2) is 14.1. The number of nitrogens with one attached hydrogen (secondary N) is 1. The number of carbonyl (C=O) groups excluding carboxylic acids is 1. The Morgan fingerprint density at radius 3 is 2.42 bits per heavy atom. The average Bonchev–Trinajstić information content (AvgIpc) is 3.32. The van der Waals surface area contributed by atoms with Gasteiger partial charge in [0.2, 0.25) is 0 Å². The van der Waals surface area contributed by atoms with E-state index in [1.54, 1.807) is 32.4 Å². The number of rotatable bonds is 14. The van der Waals surface area contributed by atoms with Gasteiger partial charge in [0.05, 0.1) is 31.9 Å². The van der Waals surface area contributed by atoms with E-state index in [4.69, 9.17) is 30.8 Å². The third-order valence-corrected chi connectivity index (χ3v) is 7.54. The molecule has 0 aliphatic carbocycles. The molecule has 8 heteroatoms. The lowest BCUT2D eigenvalue weighted by Crippen LogP contribution is -2.24. The van der Waals surface area contributed by atoms with Crippen LogP contribution in [0.2, 0.25) is 5.02 Å². The number of amides is 1. The standard InChI is InChI=1S/C32H38ClN3O4/c1-22-19-25(20-23(2)31(22)33)40-18-10-17-36-27-12-8-7-11-26(27)35-30(36)13-6-5-9-16-34-32(37)24-14-15-28(38-3)29(21-24)39-4/h7-8,11-12,14-15,19-21H,5-6,9-10,13,16-18H2,1-4H3,(H,34,37). The van der Waals surface area contributed by atoms with Gasteiger partial charge in [0.15, 0.2) is 11.5 Å². The summed E-state index contributed by atoms with van der Waals surface area (Å²) in [6.07, 6.45) is 4.64. The van der Waals surface area contributed by atoms with Gasteiger partial charge in [0.1, 0.15) is 11.6 Å². The first-order valence-corrected chi connectivity index (χ1v) is 14.1. The fourth-order valence-electron chi connectivity index (χ4n) is 4.83. The van der Waals surface area contributed by atoms with Gasteiger partial charge in [-0.2, -0.15) is 0 Å². The Morgan fingerprint density at radius 2 is 1.68 bits per heavy atom. The van der Waals surface area contributed by atoms with Gasteiger partial charge in [-0.25, -0.2) is 4.98 Å². The fraction of sp³-hybridized carbons (Fsp3) is 0.375. The van der Waals surface area contributed by atoms with E-state index >= 15 is 0 Å². The zero-order valence-electron chi connectivity index (χ0n) is 23.8. The van der Waals surface area contributed by atoms with Crippen LogP contribution >= 0.6 is 11.6 Å². The molecule has 0 atom stereocenters. The van der Waals surface area contributed by atoms with Crippen molar-refractivity contribution >= 4 is 28.5 Å². The van der Waals surface area contributed by atoms with E-state index < -0.39 is 0 Å². The first-order chi connectivity index (χ1) is 19.4. The lowest BCUT2D eigenvalue weighted by molar-refractivity contribution is 0.0952. The normalized spacial score (nSPS) is 11.0. The lowest BCUT2D eigenvalue weighted by atomic mass is 10.1. The van der Waals surface area contributed by atoms with Crippen molar-refractivity contribution in [2.75, 3.05) is 27.4 Å². The van der Waals surface area contributed by atoms with E-state index in [0.717, 1.165) is 77.4 Å². The molecule has 0 radical (unpaired) electrons.